The molecule has 0 saturated carbocycles. The maximum atomic E-state index is 12.1. The smallest absolute Gasteiger partial charge is 0.508 e. The lowest BCUT2D eigenvalue weighted by molar-refractivity contribution is -0.274. The third kappa shape index (κ3) is 3.50. The first-order valence-electron chi connectivity index (χ1n) is 4.38. The van der Waals surface area contributed by atoms with Crippen LogP contribution in [0, 0.1) is 0 Å². The second kappa shape index (κ2) is 5.02. The SMILES string of the molecule is N[C@H](C(=O)O)c1cc(OC(F)(F)F)c(Br)cc1O. The molecule has 0 unspecified atom stereocenters. The number of halogens is 4. The molecule has 0 aliphatic rings. The number of phenols is 1. The van der Waals surface area contributed by atoms with Crippen LogP contribution >= 0.6 is 15.9 Å². The van der Waals surface area contributed by atoms with Crippen molar-refractivity contribution in [3.8, 4) is 11.5 Å². The molecular weight excluding hydrogens is 323 g/mol. The Morgan fingerprint density at radius 2 is 2.00 bits per heavy atom. The van der Waals surface area contributed by atoms with Crippen molar-refractivity contribution in [3.63, 3.8) is 0 Å². The zero-order valence-corrected chi connectivity index (χ0v) is 10.1. The Hall–Kier alpha value is -1.48. The number of ether oxygens (including phenoxy) is 1. The standard InChI is InChI=1S/C9H7BrF3NO4/c10-4-2-5(15)3(7(14)8(16)17)1-6(4)18-9(11,12)13/h1-2,7,15H,14H2,(H,16,17)/t7-/m0/s1. The van der Waals surface area contributed by atoms with Gasteiger partial charge in [0.1, 0.15) is 17.5 Å². The van der Waals surface area contributed by atoms with Crippen molar-refractivity contribution in [2.24, 2.45) is 5.73 Å². The van der Waals surface area contributed by atoms with Crippen molar-refractivity contribution in [1.82, 2.24) is 0 Å². The number of carbonyl (C=O) groups is 1. The van der Waals surface area contributed by atoms with Gasteiger partial charge >= 0.3 is 12.3 Å². The molecule has 0 aromatic heterocycles. The zero-order chi connectivity index (χ0) is 14.1. The Bertz CT molecular complexity index is 478. The summed E-state index contributed by atoms with van der Waals surface area (Å²) in [5.41, 5.74) is 4.83. The number of rotatable bonds is 3. The fraction of sp³-hybridized carbons (Fsp3) is 0.222. The summed E-state index contributed by atoms with van der Waals surface area (Å²) in [6.07, 6.45) is -4.94. The summed E-state index contributed by atoms with van der Waals surface area (Å²) in [4.78, 5) is 10.6. The van der Waals surface area contributed by atoms with E-state index in [9.17, 15) is 23.1 Å². The molecule has 0 radical (unpaired) electrons. The van der Waals surface area contributed by atoms with Crippen molar-refractivity contribution < 1.29 is 32.9 Å². The van der Waals surface area contributed by atoms with Crippen molar-refractivity contribution in [1.29, 1.82) is 0 Å². The van der Waals surface area contributed by atoms with Crippen LogP contribution < -0.4 is 10.5 Å². The van der Waals surface area contributed by atoms with Gasteiger partial charge in [-0.2, -0.15) is 0 Å². The maximum absolute atomic E-state index is 12.1. The molecule has 0 heterocycles. The molecular formula is C9H7BrF3NO4. The minimum atomic E-state index is -4.94. The lowest BCUT2D eigenvalue weighted by Crippen LogP contribution is -2.22. The highest BCUT2D eigenvalue weighted by molar-refractivity contribution is 9.10. The number of aromatic hydroxyl groups is 1. The second-order valence-electron chi connectivity index (χ2n) is 3.21. The van der Waals surface area contributed by atoms with E-state index >= 15 is 0 Å². The van der Waals surface area contributed by atoms with Crippen LogP contribution in [-0.2, 0) is 4.79 Å². The lowest BCUT2D eigenvalue weighted by atomic mass is 10.1. The predicted molar refractivity (Wildman–Crippen MR) is 57.1 cm³/mol. The van der Waals surface area contributed by atoms with Crippen molar-refractivity contribution >= 4 is 21.9 Å². The summed E-state index contributed by atoms with van der Waals surface area (Å²) in [6.45, 7) is 0. The fourth-order valence-electron chi connectivity index (χ4n) is 1.14. The van der Waals surface area contributed by atoms with E-state index in [4.69, 9.17) is 10.8 Å². The van der Waals surface area contributed by atoms with Gasteiger partial charge in [-0.05, 0) is 28.1 Å². The molecule has 18 heavy (non-hydrogen) atoms. The average molecular weight is 330 g/mol. The number of hydrogen-bond donors (Lipinski definition) is 3. The first-order chi connectivity index (χ1) is 8.11. The first-order valence-corrected chi connectivity index (χ1v) is 5.17. The van der Waals surface area contributed by atoms with Crippen LogP contribution in [0.3, 0.4) is 0 Å². The number of alkyl halides is 3. The third-order valence-electron chi connectivity index (χ3n) is 1.91. The average Bonchev–Trinajstić information content (AvgIpc) is 2.19. The topological polar surface area (TPSA) is 92.8 Å². The second-order valence-corrected chi connectivity index (χ2v) is 4.06. The van der Waals surface area contributed by atoms with Crippen LogP contribution in [0.15, 0.2) is 16.6 Å². The molecule has 4 N–H and O–H groups in total. The molecule has 0 amide bonds. The van der Waals surface area contributed by atoms with E-state index < -0.39 is 29.9 Å². The van der Waals surface area contributed by atoms with Gasteiger partial charge in [0, 0.05) is 5.56 Å². The minimum absolute atomic E-state index is 0.182. The van der Waals surface area contributed by atoms with Crippen LogP contribution in [0.2, 0.25) is 0 Å². The predicted octanol–water partition coefficient (Wildman–Crippen LogP) is 2.14. The molecule has 1 aromatic rings. The summed E-state index contributed by atoms with van der Waals surface area (Å²) in [6, 6.07) is -0.0704. The van der Waals surface area contributed by atoms with Gasteiger partial charge in [0.25, 0.3) is 0 Å². The third-order valence-corrected chi connectivity index (χ3v) is 2.53. The Morgan fingerprint density at radius 1 is 1.44 bits per heavy atom. The Labute approximate surface area is 107 Å². The number of phenolic OH excluding ortho intramolecular Hbond substituents is 1. The van der Waals surface area contributed by atoms with Crippen molar-refractivity contribution in [2.45, 2.75) is 12.4 Å². The van der Waals surface area contributed by atoms with Gasteiger partial charge in [0.15, 0.2) is 0 Å². The maximum Gasteiger partial charge on any atom is 0.573 e. The molecule has 1 aromatic carbocycles. The van der Waals surface area contributed by atoms with E-state index in [0.717, 1.165) is 6.07 Å². The summed E-state index contributed by atoms with van der Waals surface area (Å²) >= 11 is 2.75. The summed E-state index contributed by atoms with van der Waals surface area (Å²) < 4.78 is 39.7. The molecule has 1 atom stereocenters. The zero-order valence-electron chi connectivity index (χ0n) is 8.53. The number of carboxylic acid groups (broad SMARTS) is 1. The van der Waals surface area contributed by atoms with Gasteiger partial charge in [-0.3, -0.25) is 4.79 Å². The Morgan fingerprint density at radius 3 is 2.44 bits per heavy atom. The highest BCUT2D eigenvalue weighted by Crippen LogP contribution is 2.37. The van der Waals surface area contributed by atoms with Gasteiger partial charge < -0.3 is 20.7 Å². The minimum Gasteiger partial charge on any atom is -0.508 e. The summed E-state index contributed by atoms with van der Waals surface area (Å²) in [5, 5.41) is 18.1. The molecule has 1 rings (SSSR count). The molecule has 100 valence electrons. The quantitative estimate of drug-likeness (QED) is 0.790. The molecule has 0 saturated heterocycles. The molecule has 0 aliphatic carbocycles. The van der Waals surface area contributed by atoms with Crippen LogP contribution in [0.25, 0.3) is 0 Å². The van der Waals surface area contributed by atoms with E-state index in [1.165, 1.54) is 0 Å². The van der Waals surface area contributed by atoms with Crippen molar-refractivity contribution in [3.05, 3.63) is 22.2 Å². The first kappa shape index (κ1) is 14.6. The molecule has 0 bridgehead atoms. The van der Waals surface area contributed by atoms with E-state index in [-0.39, 0.29) is 10.0 Å². The van der Waals surface area contributed by atoms with Crippen molar-refractivity contribution in [2.75, 3.05) is 0 Å². The summed E-state index contributed by atoms with van der Waals surface area (Å²) in [5.74, 6) is -2.73. The lowest BCUT2D eigenvalue weighted by Gasteiger charge is -2.15. The Kier molecular flexibility index (Phi) is 4.07. The largest absolute Gasteiger partial charge is 0.573 e. The van der Waals surface area contributed by atoms with Gasteiger partial charge in [-0.15, -0.1) is 13.2 Å². The highest BCUT2D eigenvalue weighted by Gasteiger charge is 2.33. The van der Waals surface area contributed by atoms with E-state index in [0.29, 0.717) is 6.07 Å². The van der Waals surface area contributed by atoms with Crippen LogP contribution in [0.5, 0.6) is 11.5 Å². The van der Waals surface area contributed by atoms with E-state index in [1.54, 1.807) is 0 Å². The van der Waals surface area contributed by atoms with Crippen LogP contribution in [0.4, 0.5) is 13.2 Å². The van der Waals surface area contributed by atoms with Gasteiger partial charge in [0.2, 0.25) is 0 Å². The number of hydrogen-bond acceptors (Lipinski definition) is 4. The highest BCUT2D eigenvalue weighted by atomic mass is 79.9. The monoisotopic (exact) mass is 329 g/mol. The van der Waals surface area contributed by atoms with Gasteiger partial charge in [-0.1, -0.05) is 0 Å². The molecule has 0 fully saturated rings. The molecule has 9 heteroatoms. The van der Waals surface area contributed by atoms with E-state index in [1.807, 2.05) is 0 Å². The number of aliphatic carboxylic acids is 1. The van der Waals surface area contributed by atoms with Gasteiger partial charge in [-0.25, -0.2) is 0 Å². The van der Waals surface area contributed by atoms with E-state index in [2.05, 4.69) is 20.7 Å². The normalized spacial score (nSPS) is 13.2. The molecule has 5 nitrogen and oxygen atoms in total. The number of carboxylic acids is 1. The Balaban J connectivity index is 3.22. The fourth-order valence-corrected chi connectivity index (χ4v) is 1.56. The number of benzene rings is 1. The number of nitrogens with two attached hydrogens (primary N) is 1. The van der Waals surface area contributed by atoms with Gasteiger partial charge in [0.05, 0.1) is 4.47 Å². The summed E-state index contributed by atoms with van der Waals surface area (Å²) in [7, 11) is 0. The molecule has 0 aliphatic heterocycles. The van der Waals surface area contributed by atoms with Crippen LogP contribution in [-0.4, -0.2) is 22.5 Å². The van der Waals surface area contributed by atoms with Crippen LogP contribution in [0.1, 0.15) is 11.6 Å². The molecule has 0 spiro atoms.